The van der Waals surface area contributed by atoms with E-state index in [1.165, 1.54) is 0 Å². The maximum Gasteiger partial charge on any atom is 0.224 e. The van der Waals surface area contributed by atoms with E-state index in [2.05, 4.69) is 20.2 Å². The molecule has 1 aliphatic heterocycles. The average Bonchev–Trinajstić information content (AvgIpc) is 2.58. The number of aliphatic hydroxyl groups is 1. The molecule has 17 heavy (non-hydrogen) atoms. The Morgan fingerprint density at radius 2 is 2.29 bits per heavy atom. The quantitative estimate of drug-likeness (QED) is 0.825. The zero-order valence-electron chi connectivity index (χ0n) is 10.7. The molecule has 1 aromatic heterocycles. The van der Waals surface area contributed by atoms with Gasteiger partial charge in [0.1, 0.15) is 5.82 Å². The summed E-state index contributed by atoms with van der Waals surface area (Å²) >= 11 is 0. The standard InChI is InChI=1S/C12H20N4O/c1-4-13-11-14-9(2)7-10(15-11)16-6-5-12(3,17)8-16/h7,17H,4-6,8H2,1-3H3,(H,13,14,15). The van der Waals surface area contributed by atoms with Gasteiger partial charge in [-0.1, -0.05) is 0 Å². The van der Waals surface area contributed by atoms with E-state index in [4.69, 9.17) is 0 Å². The van der Waals surface area contributed by atoms with E-state index < -0.39 is 5.60 Å². The molecule has 5 nitrogen and oxygen atoms in total. The molecule has 0 aliphatic carbocycles. The van der Waals surface area contributed by atoms with Crippen molar-refractivity contribution < 1.29 is 5.11 Å². The number of rotatable bonds is 3. The number of hydrogen-bond acceptors (Lipinski definition) is 5. The van der Waals surface area contributed by atoms with Crippen LogP contribution in [0.3, 0.4) is 0 Å². The molecule has 0 aromatic carbocycles. The van der Waals surface area contributed by atoms with Crippen LogP contribution in [0.5, 0.6) is 0 Å². The van der Waals surface area contributed by atoms with Crippen molar-refractivity contribution >= 4 is 11.8 Å². The minimum atomic E-state index is -0.600. The van der Waals surface area contributed by atoms with Gasteiger partial charge in [0.05, 0.1) is 5.60 Å². The van der Waals surface area contributed by atoms with Crippen molar-refractivity contribution in [2.75, 3.05) is 29.9 Å². The van der Waals surface area contributed by atoms with Gasteiger partial charge in [0, 0.05) is 31.4 Å². The summed E-state index contributed by atoms with van der Waals surface area (Å²) in [6.07, 6.45) is 0.784. The van der Waals surface area contributed by atoms with Crippen molar-refractivity contribution in [3.63, 3.8) is 0 Å². The maximum atomic E-state index is 9.97. The number of hydrogen-bond donors (Lipinski definition) is 2. The van der Waals surface area contributed by atoms with E-state index in [0.29, 0.717) is 12.5 Å². The van der Waals surface area contributed by atoms with Crippen LogP contribution < -0.4 is 10.2 Å². The second-order valence-corrected chi connectivity index (χ2v) is 4.89. The summed E-state index contributed by atoms with van der Waals surface area (Å²) in [4.78, 5) is 10.9. The molecule has 0 spiro atoms. The lowest BCUT2D eigenvalue weighted by molar-refractivity contribution is 0.0839. The molecule has 0 amide bonds. The average molecular weight is 236 g/mol. The second kappa shape index (κ2) is 4.49. The van der Waals surface area contributed by atoms with Gasteiger partial charge >= 0.3 is 0 Å². The number of anilines is 2. The molecule has 94 valence electrons. The number of nitrogens with one attached hydrogen (secondary N) is 1. The van der Waals surface area contributed by atoms with Crippen LogP contribution in [0.4, 0.5) is 11.8 Å². The molecular weight excluding hydrogens is 216 g/mol. The van der Waals surface area contributed by atoms with Gasteiger partial charge in [-0.05, 0) is 27.2 Å². The minimum Gasteiger partial charge on any atom is -0.388 e. The van der Waals surface area contributed by atoms with Crippen LogP contribution >= 0.6 is 0 Å². The number of nitrogens with zero attached hydrogens (tertiary/aromatic N) is 3. The zero-order chi connectivity index (χ0) is 12.5. The molecule has 2 N–H and O–H groups in total. The van der Waals surface area contributed by atoms with Crippen molar-refractivity contribution in [1.82, 2.24) is 9.97 Å². The van der Waals surface area contributed by atoms with Crippen LogP contribution in [0, 0.1) is 6.92 Å². The van der Waals surface area contributed by atoms with Crippen molar-refractivity contribution in [1.29, 1.82) is 0 Å². The highest BCUT2D eigenvalue weighted by molar-refractivity contribution is 5.46. The van der Waals surface area contributed by atoms with Crippen LogP contribution in [-0.4, -0.2) is 40.3 Å². The van der Waals surface area contributed by atoms with Crippen LogP contribution in [0.1, 0.15) is 26.0 Å². The Morgan fingerprint density at radius 1 is 1.53 bits per heavy atom. The van der Waals surface area contributed by atoms with Gasteiger partial charge in [0.2, 0.25) is 5.95 Å². The SMILES string of the molecule is CCNc1nc(C)cc(N2CCC(C)(O)C2)n1. The van der Waals surface area contributed by atoms with Crippen molar-refractivity contribution in [3.05, 3.63) is 11.8 Å². The predicted octanol–water partition coefficient (Wildman–Crippen LogP) is 1.18. The maximum absolute atomic E-state index is 9.97. The van der Waals surface area contributed by atoms with Gasteiger partial charge in [-0.3, -0.25) is 0 Å². The molecule has 1 aromatic rings. The van der Waals surface area contributed by atoms with Gasteiger partial charge in [-0.2, -0.15) is 4.98 Å². The third-order valence-corrected chi connectivity index (χ3v) is 2.95. The smallest absolute Gasteiger partial charge is 0.224 e. The summed E-state index contributed by atoms with van der Waals surface area (Å²) in [5.74, 6) is 1.56. The van der Waals surface area contributed by atoms with E-state index in [1.54, 1.807) is 0 Å². The van der Waals surface area contributed by atoms with Gasteiger partial charge in [-0.25, -0.2) is 4.98 Å². The Balaban J connectivity index is 2.21. The van der Waals surface area contributed by atoms with Gasteiger partial charge in [0.15, 0.2) is 0 Å². The fraction of sp³-hybridized carbons (Fsp3) is 0.667. The summed E-state index contributed by atoms with van der Waals surface area (Å²) in [6, 6.07) is 1.96. The van der Waals surface area contributed by atoms with Gasteiger partial charge in [-0.15, -0.1) is 0 Å². The lowest BCUT2D eigenvalue weighted by Crippen LogP contribution is -2.30. The third kappa shape index (κ3) is 2.85. The Hall–Kier alpha value is -1.36. The molecule has 1 aliphatic rings. The largest absolute Gasteiger partial charge is 0.388 e. The summed E-state index contributed by atoms with van der Waals surface area (Å²) in [6.45, 7) is 8.13. The fourth-order valence-electron chi connectivity index (χ4n) is 2.09. The van der Waals surface area contributed by atoms with E-state index in [-0.39, 0.29) is 0 Å². The van der Waals surface area contributed by atoms with Crippen molar-refractivity contribution in [2.45, 2.75) is 32.8 Å². The monoisotopic (exact) mass is 236 g/mol. The first-order valence-corrected chi connectivity index (χ1v) is 6.07. The lowest BCUT2D eigenvalue weighted by Gasteiger charge is -2.20. The van der Waals surface area contributed by atoms with Gasteiger partial charge < -0.3 is 15.3 Å². The Bertz CT molecular complexity index is 405. The molecule has 0 saturated carbocycles. The molecule has 2 heterocycles. The van der Waals surface area contributed by atoms with Crippen LogP contribution in [0.25, 0.3) is 0 Å². The molecule has 1 unspecified atom stereocenters. The van der Waals surface area contributed by atoms with Crippen molar-refractivity contribution in [3.8, 4) is 0 Å². The molecule has 5 heteroatoms. The topological polar surface area (TPSA) is 61.3 Å². The predicted molar refractivity (Wildman–Crippen MR) is 68.4 cm³/mol. The fourth-order valence-corrected chi connectivity index (χ4v) is 2.09. The van der Waals surface area contributed by atoms with E-state index >= 15 is 0 Å². The first-order valence-electron chi connectivity index (χ1n) is 6.07. The van der Waals surface area contributed by atoms with Gasteiger partial charge in [0.25, 0.3) is 0 Å². The minimum absolute atomic E-state index is 0.600. The second-order valence-electron chi connectivity index (χ2n) is 4.89. The zero-order valence-corrected chi connectivity index (χ0v) is 10.7. The molecule has 1 saturated heterocycles. The Labute approximate surface area is 102 Å². The highest BCUT2D eigenvalue weighted by atomic mass is 16.3. The highest BCUT2D eigenvalue weighted by Crippen LogP contribution is 2.25. The molecule has 1 fully saturated rings. The molecule has 0 radical (unpaired) electrons. The summed E-state index contributed by atoms with van der Waals surface area (Å²) in [7, 11) is 0. The van der Waals surface area contributed by atoms with Crippen LogP contribution in [0.2, 0.25) is 0 Å². The van der Waals surface area contributed by atoms with Crippen LogP contribution in [-0.2, 0) is 0 Å². The highest BCUT2D eigenvalue weighted by Gasteiger charge is 2.32. The number of aromatic nitrogens is 2. The number of aryl methyl sites for hydroxylation is 1. The Morgan fingerprint density at radius 3 is 2.88 bits per heavy atom. The third-order valence-electron chi connectivity index (χ3n) is 2.95. The first-order chi connectivity index (χ1) is 8.00. The molecular formula is C12H20N4O. The summed E-state index contributed by atoms with van der Waals surface area (Å²) < 4.78 is 0. The van der Waals surface area contributed by atoms with E-state index in [0.717, 1.165) is 31.0 Å². The summed E-state index contributed by atoms with van der Waals surface area (Å²) in [5.41, 5.74) is 0.342. The molecule has 1 atom stereocenters. The molecule has 0 bridgehead atoms. The first kappa shape index (κ1) is 12.1. The summed E-state index contributed by atoms with van der Waals surface area (Å²) in [5, 5.41) is 13.1. The van der Waals surface area contributed by atoms with E-state index in [9.17, 15) is 5.11 Å². The molecule has 2 rings (SSSR count). The van der Waals surface area contributed by atoms with E-state index in [1.807, 2.05) is 26.8 Å². The number of β-amino-alcohol motifs (C(OH)–C–C–N with tert-alkyl or cyclic N) is 1. The lowest BCUT2D eigenvalue weighted by atomic mass is 10.1. The normalized spacial score (nSPS) is 24.1. The van der Waals surface area contributed by atoms with Crippen molar-refractivity contribution in [2.24, 2.45) is 0 Å². The van der Waals surface area contributed by atoms with Crippen LogP contribution in [0.15, 0.2) is 6.07 Å². The Kier molecular flexibility index (Phi) is 3.19.